The molecule has 2 heterocycles. The minimum atomic E-state index is -0.0630. The van der Waals surface area contributed by atoms with Gasteiger partial charge in [-0.3, -0.25) is 4.79 Å². The van der Waals surface area contributed by atoms with Crippen molar-refractivity contribution in [2.75, 3.05) is 26.4 Å². The van der Waals surface area contributed by atoms with Crippen LogP contribution in [-0.2, 0) is 0 Å². The minimum Gasteiger partial charge on any atom is -0.454 e. The van der Waals surface area contributed by atoms with Gasteiger partial charge in [0.15, 0.2) is 11.5 Å². The van der Waals surface area contributed by atoms with Gasteiger partial charge in [0.2, 0.25) is 6.79 Å². The Kier molecular flexibility index (Phi) is 3.66. The van der Waals surface area contributed by atoms with Crippen LogP contribution >= 0.6 is 0 Å². The van der Waals surface area contributed by atoms with Gasteiger partial charge < -0.3 is 19.7 Å². The highest BCUT2D eigenvalue weighted by Crippen LogP contribution is 2.35. The van der Waals surface area contributed by atoms with E-state index in [0.29, 0.717) is 23.0 Å². The quantitative estimate of drug-likeness (QED) is 0.924. The fraction of sp³-hybridized carbons (Fsp3) is 0.588. The molecule has 0 spiro atoms. The SMILES string of the molecule is O=C(NCC1CCN(C2CC2)CC1)c1cccc2c1OCO2. The fourth-order valence-corrected chi connectivity index (χ4v) is 3.40. The first-order chi connectivity index (χ1) is 10.8. The second-order valence-corrected chi connectivity index (χ2v) is 6.46. The molecular weight excluding hydrogens is 280 g/mol. The average molecular weight is 302 g/mol. The van der Waals surface area contributed by atoms with Gasteiger partial charge in [-0.15, -0.1) is 0 Å². The lowest BCUT2D eigenvalue weighted by Crippen LogP contribution is -2.39. The van der Waals surface area contributed by atoms with E-state index in [9.17, 15) is 4.79 Å². The number of fused-ring (bicyclic) bond motifs is 1. The lowest BCUT2D eigenvalue weighted by atomic mass is 9.96. The Bertz CT molecular complexity index is 563. The first-order valence-electron chi connectivity index (χ1n) is 8.22. The van der Waals surface area contributed by atoms with Crippen molar-refractivity contribution in [2.24, 2.45) is 5.92 Å². The number of piperidine rings is 1. The van der Waals surface area contributed by atoms with Crippen molar-refractivity contribution in [2.45, 2.75) is 31.7 Å². The van der Waals surface area contributed by atoms with Gasteiger partial charge in [0.25, 0.3) is 5.91 Å². The van der Waals surface area contributed by atoms with Gasteiger partial charge in [0.05, 0.1) is 5.56 Å². The summed E-state index contributed by atoms with van der Waals surface area (Å²) < 4.78 is 10.7. The van der Waals surface area contributed by atoms with Crippen molar-refractivity contribution in [1.82, 2.24) is 10.2 Å². The summed E-state index contributed by atoms with van der Waals surface area (Å²) in [7, 11) is 0. The zero-order valence-corrected chi connectivity index (χ0v) is 12.7. The van der Waals surface area contributed by atoms with Gasteiger partial charge in [0, 0.05) is 12.6 Å². The highest BCUT2D eigenvalue weighted by atomic mass is 16.7. The molecule has 1 saturated heterocycles. The maximum atomic E-state index is 12.4. The molecule has 3 aliphatic rings. The van der Waals surface area contributed by atoms with Crippen LogP contribution in [0.5, 0.6) is 11.5 Å². The van der Waals surface area contributed by atoms with Crippen molar-refractivity contribution in [3.05, 3.63) is 23.8 Å². The standard InChI is InChI=1S/C17H22N2O3/c20-17(14-2-1-3-15-16(14)22-11-21-15)18-10-12-6-8-19(9-7-12)13-4-5-13/h1-3,12-13H,4-11H2,(H,18,20). The molecule has 1 N–H and O–H groups in total. The van der Waals surface area contributed by atoms with Crippen LogP contribution in [0.25, 0.3) is 0 Å². The lowest BCUT2D eigenvalue weighted by molar-refractivity contribution is 0.0930. The molecule has 5 heteroatoms. The smallest absolute Gasteiger partial charge is 0.255 e. The number of nitrogens with zero attached hydrogens (tertiary/aromatic N) is 1. The van der Waals surface area contributed by atoms with Crippen molar-refractivity contribution >= 4 is 5.91 Å². The normalized spacial score (nSPS) is 21.8. The number of amides is 1. The zero-order valence-electron chi connectivity index (χ0n) is 12.7. The molecule has 2 aliphatic heterocycles. The van der Waals surface area contributed by atoms with Crippen molar-refractivity contribution in [1.29, 1.82) is 0 Å². The highest BCUT2D eigenvalue weighted by Gasteiger charge is 2.32. The first-order valence-corrected chi connectivity index (χ1v) is 8.22. The predicted molar refractivity (Wildman–Crippen MR) is 82.2 cm³/mol. The van der Waals surface area contributed by atoms with Crippen LogP contribution in [0.15, 0.2) is 18.2 Å². The number of nitrogens with one attached hydrogen (secondary N) is 1. The Morgan fingerprint density at radius 3 is 2.77 bits per heavy atom. The lowest BCUT2D eigenvalue weighted by Gasteiger charge is -2.32. The van der Waals surface area contributed by atoms with Gasteiger partial charge in [-0.05, 0) is 56.8 Å². The molecule has 0 radical (unpaired) electrons. The first kappa shape index (κ1) is 13.9. The van der Waals surface area contributed by atoms with E-state index in [-0.39, 0.29) is 12.7 Å². The maximum absolute atomic E-state index is 12.4. The van der Waals surface area contributed by atoms with Crippen LogP contribution in [0.3, 0.4) is 0 Å². The molecule has 5 nitrogen and oxygen atoms in total. The van der Waals surface area contributed by atoms with Crippen LogP contribution in [0, 0.1) is 5.92 Å². The van der Waals surface area contributed by atoms with Crippen LogP contribution in [0.2, 0.25) is 0 Å². The Hall–Kier alpha value is -1.75. The van der Waals surface area contributed by atoms with E-state index in [1.54, 1.807) is 6.07 Å². The number of benzene rings is 1. The summed E-state index contributed by atoms with van der Waals surface area (Å²) in [6.45, 7) is 3.31. The van der Waals surface area contributed by atoms with Crippen molar-refractivity contribution < 1.29 is 14.3 Å². The number of hydrogen-bond acceptors (Lipinski definition) is 4. The van der Waals surface area contributed by atoms with E-state index in [4.69, 9.17) is 9.47 Å². The third kappa shape index (κ3) is 2.77. The van der Waals surface area contributed by atoms with E-state index in [1.165, 1.54) is 38.8 Å². The average Bonchev–Trinajstić information content (AvgIpc) is 3.29. The number of carbonyl (C=O) groups excluding carboxylic acids is 1. The van der Waals surface area contributed by atoms with Gasteiger partial charge in [-0.1, -0.05) is 6.07 Å². The number of ether oxygens (including phenoxy) is 2. The highest BCUT2D eigenvalue weighted by molar-refractivity contribution is 5.97. The summed E-state index contributed by atoms with van der Waals surface area (Å²) in [5, 5.41) is 3.07. The largest absolute Gasteiger partial charge is 0.454 e. The summed E-state index contributed by atoms with van der Waals surface area (Å²) in [5.74, 6) is 1.76. The second-order valence-electron chi connectivity index (χ2n) is 6.46. The number of rotatable bonds is 4. The van der Waals surface area contributed by atoms with Crippen LogP contribution in [0.4, 0.5) is 0 Å². The molecule has 118 valence electrons. The molecule has 0 unspecified atom stereocenters. The molecule has 0 bridgehead atoms. The topological polar surface area (TPSA) is 50.8 Å². The van der Waals surface area contributed by atoms with Crippen LogP contribution in [0.1, 0.15) is 36.0 Å². The molecule has 1 aromatic rings. The Balaban J connectivity index is 1.31. The summed E-state index contributed by atoms with van der Waals surface area (Å²) in [6, 6.07) is 6.31. The molecule has 1 saturated carbocycles. The van der Waals surface area contributed by atoms with E-state index < -0.39 is 0 Å². The number of hydrogen-bond donors (Lipinski definition) is 1. The summed E-state index contributed by atoms with van der Waals surface area (Å²) in [6.07, 6.45) is 5.12. The summed E-state index contributed by atoms with van der Waals surface area (Å²) in [5.41, 5.74) is 0.574. The molecule has 2 fully saturated rings. The van der Waals surface area contributed by atoms with Crippen molar-refractivity contribution in [3.63, 3.8) is 0 Å². The number of para-hydroxylation sites is 1. The molecule has 22 heavy (non-hydrogen) atoms. The Morgan fingerprint density at radius 1 is 1.18 bits per heavy atom. The maximum Gasteiger partial charge on any atom is 0.255 e. The Labute approximate surface area is 130 Å². The van der Waals surface area contributed by atoms with E-state index >= 15 is 0 Å². The monoisotopic (exact) mass is 302 g/mol. The molecule has 0 aromatic heterocycles. The molecular formula is C17H22N2O3. The fourth-order valence-electron chi connectivity index (χ4n) is 3.40. The van der Waals surface area contributed by atoms with E-state index in [1.807, 2.05) is 12.1 Å². The number of carbonyl (C=O) groups is 1. The third-order valence-corrected chi connectivity index (χ3v) is 4.90. The summed E-state index contributed by atoms with van der Waals surface area (Å²) >= 11 is 0. The molecule has 1 aromatic carbocycles. The Morgan fingerprint density at radius 2 is 2.00 bits per heavy atom. The van der Waals surface area contributed by atoms with Crippen molar-refractivity contribution in [3.8, 4) is 11.5 Å². The number of likely N-dealkylation sites (tertiary alicyclic amines) is 1. The van der Waals surface area contributed by atoms with Gasteiger partial charge in [0.1, 0.15) is 0 Å². The van der Waals surface area contributed by atoms with Crippen LogP contribution in [-0.4, -0.2) is 43.3 Å². The van der Waals surface area contributed by atoms with Gasteiger partial charge in [-0.2, -0.15) is 0 Å². The zero-order chi connectivity index (χ0) is 14.9. The second kappa shape index (κ2) is 5.80. The molecule has 1 amide bonds. The molecule has 1 aliphatic carbocycles. The molecule has 4 rings (SSSR count). The third-order valence-electron chi connectivity index (χ3n) is 4.90. The summed E-state index contributed by atoms with van der Waals surface area (Å²) in [4.78, 5) is 15.0. The van der Waals surface area contributed by atoms with Gasteiger partial charge in [-0.25, -0.2) is 0 Å². The van der Waals surface area contributed by atoms with E-state index in [2.05, 4.69) is 10.2 Å². The predicted octanol–water partition coefficient (Wildman–Crippen LogP) is 2.02. The van der Waals surface area contributed by atoms with Gasteiger partial charge >= 0.3 is 0 Å². The molecule has 0 atom stereocenters. The minimum absolute atomic E-state index is 0.0630. The van der Waals surface area contributed by atoms with Crippen LogP contribution < -0.4 is 14.8 Å². The van der Waals surface area contributed by atoms with E-state index in [0.717, 1.165) is 12.6 Å².